The highest BCUT2D eigenvalue weighted by Gasteiger charge is 2.34. The zero-order valence-corrected chi connectivity index (χ0v) is 25.6. The van der Waals surface area contributed by atoms with Gasteiger partial charge in [-0.3, -0.25) is 0 Å². The highest BCUT2D eigenvalue weighted by molar-refractivity contribution is 7.42. The minimum absolute atomic E-state index is 0.489. The van der Waals surface area contributed by atoms with Gasteiger partial charge in [0.25, 0.3) is 0 Å². The summed E-state index contributed by atoms with van der Waals surface area (Å²) in [6, 6.07) is 0. The zero-order valence-electron chi connectivity index (χ0n) is 23.8. The Morgan fingerprint density at radius 1 is 0.500 bits per heavy atom. The van der Waals surface area contributed by atoms with Gasteiger partial charge in [0.1, 0.15) is 11.5 Å². The van der Waals surface area contributed by atoms with E-state index >= 15 is 0 Å². The lowest BCUT2D eigenvalue weighted by atomic mass is 9.84. The molecule has 0 N–H and O–H groups in total. The fraction of sp³-hybridized carbons (Fsp3) is 0.571. The summed E-state index contributed by atoms with van der Waals surface area (Å²) in [5.41, 5.74) is 10.9. The second kappa shape index (κ2) is 13.3. The van der Waals surface area contributed by atoms with Gasteiger partial charge in [-0.05, 0) is 99.9 Å². The first kappa shape index (κ1) is 29.6. The molecule has 0 bridgehead atoms. The molecular formula is C28H40O8P2. The Morgan fingerprint density at radius 2 is 0.789 bits per heavy atom. The molecule has 8 nitrogen and oxygen atoms in total. The summed E-state index contributed by atoms with van der Waals surface area (Å²) in [6.07, 6.45) is 0. The topological polar surface area (TPSA) is 73.8 Å². The minimum atomic E-state index is -1.59. The monoisotopic (exact) mass is 566 g/mol. The van der Waals surface area contributed by atoms with Crippen molar-refractivity contribution in [3.05, 3.63) is 44.5 Å². The van der Waals surface area contributed by atoms with Gasteiger partial charge in [0, 0.05) is 11.1 Å². The van der Waals surface area contributed by atoms with Crippen molar-refractivity contribution in [3.8, 4) is 22.6 Å². The van der Waals surface area contributed by atoms with Gasteiger partial charge in [0.2, 0.25) is 0 Å². The fourth-order valence-corrected chi connectivity index (χ4v) is 7.03. The molecule has 0 saturated carbocycles. The predicted octanol–water partition coefficient (Wildman–Crippen LogP) is 8.01. The van der Waals surface area contributed by atoms with Crippen molar-refractivity contribution < 1.29 is 36.6 Å². The van der Waals surface area contributed by atoms with E-state index < -0.39 is 17.2 Å². The van der Waals surface area contributed by atoms with Gasteiger partial charge in [0.05, 0.1) is 52.9 Å². The summed E-state index contributed by atoms with van der Waals surface area (Å²) >= 11 is 0. The Hall–Kier alpha value is -1.34. The summed E-state index contributed by atoms with van der Waals surface area (Å²) < 4.78 is 48.5. The van der Waals surface area contributed by atoms with Gasteiger partial charge >= 0.3 is 17.2 Å². The van der Waals surface area contributed by atoms with E-state index in [0.717, 1.165) is 56.0 Å². The molecule has 0 unspecified atom stereocenters. The van der Waals surface area contributed by atoms with E-state index in [9.17, 15) is 0 Å². The van der Waals surface area contributed by atoms with E-state index in [2.05, 4.69) is 27.7 Å². The normalized spacial score (nSPS) is 14.5. The molecule has 2 heterocycles. The molecule has 10 heteroatoms. The lowest BCUT2D eigenvalue weighted by molar-refractivity contribution is 0.134. The lowest BCUT2D eigenvalue weighted by Crippen LogP contribution is -2.08. The van der Waals surface area contributed by atoms with Crippen LogP contribution in [0.2, 0.25) is 0 Å². The molecule has 0 spiro atoms. The Bertz CT molecular complexity index is 1050. The maximum Gasteiger partial charge on any atom is 0.397 e. The van der Waals surface area contributed by atoms with Gasteiger partial charge in [-0.15, -0.1) is 0 Å². The Labute approximate surface area is 229 Å². The van der Waals surface area contributed by atoms with Crippen LogP contribution in [-0.4, -0.2) is 26.4 Å². The van der Waals surface area contributed by atoms with Crippen LogP contribution in [0.25, 0.3) is 11.1 Å². The largest absolute Gasteiger partial charge is 0.426 e. The second-order valence-electron chi connectivity index (χ2n) is 9.11. The molecule has 0 aliphatic carbocycles. The number of hydrogen-bond donors (Lipinski definition) is 0. The van der Waals surface area contributed by atoms with Crippen LogP contribution in [-0.2, 0) is 54.0 Å². The van der Waals surface area contributed by atoms with Crippen LogP contribution in [0.5, 0.6) is 11.5 Å². The summed E-state index contributed by atoms with van der Waals surface area (Å²) in [7, 11) is -3.18. The van der Waals surface area contributed by atoms with Crippen molar-refractivity contribution in [3.63, 3.8) is 0 Å². The maximum absolute atomic E-state index is 6.61. The summed E-state index contributed by atoms with van der Waals surface area (Å²) in [5.74, 6) is 1.48. The third-order valence-electron chi connectivity index (χ3n) is 6.93. The Morgan fingerprint density at radius 3 is 1.08 bits per heavy atom. The molecule has 210 valence electrons. The number of rotatable bonds is 13. The molecule has 0 saturated heterocycles. The minimum Gasteiger partial charge on any atom is -0.426 e. The van der Waals surface area contributed by atoms with Crippen molar-refractivity contribution in [1.82, 2.24) is 0 Å². The fourth-order valence-electron chi connectivity index (χ4n) is 5.07. The summed E-state index contributed by atoms with van der Waals surface area (Å²) in [6.45, 7) is 20.4. The molecule has 0 fully saturated rings. The summed E-state index contributed by atoms with van der Waals surface area (Å²) in [5, 5.41) is 0. The first-order valence-corrected chi connectivity index (χ1v) is 15.5. The van der Waals surface area contributed by atoms with Crippen LogP contribution in [0, 0.1) is 27.7 Å². The van der Waals surface area contributed by atoms with Crippen molar-refractivity contribution in [2.45, 2.75) is 81.8 Å². The molecule has 0 aromatic heterocycles. The van der Waals surface area contributed by atoms with Crippen molar-refractivity contribution in [2.24, 2.45) is 0 Å². The predicted molar refractivity (Wildman–Crippen MR) is 149 cm³/mol. The first-order chi connectivity index (χ1) is 18.4. The number of fused-ring (bicyclic) bond motifs is 2. The molecule has 2 aromatic carbocycles. The highest BCUT2D eigenvalue weighted by Crippen LogP contribution is 2.56. The van der Waals surface area contributed by atoms with E-state index in [1.54, 1.807) is 0 Å². The van der Waals surface area contributed by atoms with Crippen LogP contribution in [0.15, 0.2) is 0 Å². The lowest BCUT2D eigenvalue weighted by Gasteiger charge is -2.27. The highest BCUT2D eigenvalue weighted by atomic mass is 31.2. The van der Waals surface area contributed by atoms with E-state index in [-0.39, 0.29) is 0 Å². The Balaban J connectivity index is 2.00. The molecule has 38 heavy (non-hydrogen) atoms. The average molecular weight is 567 g/mol. The molecule has 2 aliphatic rings. The first-order valence-electron chi connectivity index (χ1n) is 13.3. The van der Waals surface area contributed by atoms with E-state index in [1.165, 1.54) is 11.1 Å². The third kappa shape index (κ3) is 5.75. The van der Waals surface area contributed by atoms with Crippen molar-refractivity contribution in [2.75, 3.05) is 26.4 Å². The summed E-state index contributed by atoms with van der Waals surface area (Å²) in [4.78, 5) is 0. The SMILES string of the molecule is CCOP(OCC)Oc1c(C)c2c(c(C)c1-c1c(C)c3c(c(C)c1OP(OCC)OCC)COC3)COC2. The van der Waals surface area contributed by atoms with E-state index in [4.69, 9.17) is 36.6 Å². The van der Waals surface area contributed by atoms with Gasteiger partial charge in [-0.2, -0.15) is 0 Å². The molecule has 0 atom stereocenters. The van der Waals surface area contributed by atoms with Crippen LogP contribution in [0.1, 0.15) is 72.2 Å². The average Bonchev–Trinajstić information content (AvgIpc) is 3.58. The van der Waals surface area contributed by atoms with Crippen LogP contribution < -0.4 is 9.05 Å². The van der Waals surface area contributed by atoms with Crippen LogP contribution in [0.4, 0.5) is 0 Å². The van der Waals surface area contributed by atoms with Gasteiger partial charge in [-0.1, -0.05) is 0 Å². The van der Waals surface area contributed by atoms with Gasteiger partial charge < -0.3 is 36.6 Å². The number of benzene rings is 2. The second-order valence-corrected chi connectivity index (χ2v) is 11.4. The standard InChI is InChI=1S/C28H40O8P2/c1-9-31-37(32-10-2)35-27-19(7)23-15-29-13-21(23)17(5)25(27)26-18(6)22-14-30-16-24(22)20(8)28(26)36-38(33-11-3)34-12-4/h9-16H2,1-8H3. The molecular weight excluding hydrogens is 526 g/mol. The van der Waals surface area contributed by atoms with Gasteiger partial charge in [-0.25, -0.2) is 0 Å². The number of hydrogen-bond acceptors (Lipinski definition) is 8. The number of ether oxygens (including phenoxy) is 2. The molecule has 0 radical (unpaired) electrons. The molecule has 2 aromatic rings. The maximum atomic E-state index is 6.61. The van der Waals surface area contributed by atoms with Crippen LogP contribution >= 0.6 is 17.2 Å². The van der Waals surface area contributed by atoms with Crippen LogP contribution in [0.3, 0.4) is 0 Å². The van der Waals surface area contributed by atoms with Crippen molar-refractivity contribution in [1.29, 1.82) is 0 Å². The third-order valence-corrected chi connectivity index (χ3v) is 9.47. The molecule has 4 rings (SSSR count). The van der Waals surface area contributed by atoms with Gasteiger partial charge in [0.15, 0.2) is 0 Å². The quantitative estimate of drug-likeness (QED) is 0.226. The molecule has 2 aliphatic heterocycles. The van der Waals surface area contributed by atoms with E-state index in [1.807, 2.05) is 27.7 Å². The van der Waals surface area contributed by atoms with E-state index in [0.29, 0.717) is 52.9 Å². The smallest absolute Gasteiger partial charge is 0.397 e. The van der Waals surface area contributed by atoms with Crippen molar-refractivity contribution >= 4 is 17.2 Å². The Kier molecular flexibility index (Phi) is 10.4. The molecule has 0 amide bonds. The zero-order chi connectivity index (χ0) is 27.4.